The topological polar surface area (TPSA) is 69.6 Å². The van der Waals surface area contributed by atoms with E-state index in [1.54, 1.807) is 6.07 Å². The summed E-state index contributed by atoms with van der Waals surface area (Å²) in [6.45, 7) is 1.14. The fraction of sp³-hybridized carbons (Fsp3) is 0.500. The Hall–Kier alpha value is -0.730. The second kappa shape index (κ2) is 5.95. The van der Waals surface area contributed by atoms with E-state index in [4.69, 9.17) is 11.6 Å². The van der Waals surface area contributed by atoms with Crippen LogP contribution in [0.5, 0.6) is 0 Å². The fourth-order valence-corrected chi connectivity index (χ4v) is 3.29. The van der Waals surface area contributed by atoms with Gasteiger partial charge >= 0.3 is 0 Å². The van der Waals surface area contributed by atoms with Gasteiger partial charge in [-0.05, 0) is 17.7 Å². The highest BCUT2D eigenvalue weighted by molar-refractivity contribution is 7.88. The van der Waals surface area contributed by atoms with Crippen LogP contribution in [-0.4, -0.2) is 49.9 Å². The number of rotatable bonds is 4. The Bertz CT molecular complexity index is 596. The second-order valence-electron chi connectivity index (χ2n) is 4.99. The molecule has 2 atom stereocenters. The van der Waals surface area contributed by atoms with Gasteiger partial charge in [-0.25, -0.2) is 17.5 Å². The van der Waals surface area contributed by atoms with E-state index < -0.39 is 28.0 Å². The van der Waals surface area contributed by atoms with Gasteiger partial charge in [0.15, 0.2) is 0 Å². The van der Waals surface area contributed by atoms with E-state index in [0.29, 0.717) is 24.7 Å². The Morgan fingerprint density at radius 2 is 2.20 bits per heavy atom. The van der Waals surface area contributed by atoms with Gasteiger partial charge in [0.05, 0.1) is 18.4 Å². The summed E-state index contributed by atoms with van der Waals surface area (Å²) in [6.07, 6.45) is 0.281. The van der Waals surface area contributed by atoms with Crippen molar-refractivity contribution in [2.75, 3.05) is 19.3 Å². The van der Waals surface area contributed by atoms with E-state index >= 15 is 0 Å². The number of hydrogen-bond acceptors (Lipinski definition) is 4. The molecule has 8 heteroatoms. The maximum atomic E-state index is 13.0. The lowest BCUT2D eigenvalue weighted by atomic mass is 10.2. The lowest BCUT2D eigenvalue weighted by Gasteiger charge is -2.16. The number of aliphatic hydroxyl groups is 1. The monoisotopic (exact) mass is 322 g/mol. The molecule has 0 amide bonds. The molecule has 20 heavy (non-hydrogen) atoms. The summed E-state index contributed by atoms with van der Waals surface area (Å²) < 4.78 is 37.7. The van der Waals surface area contributed by atoms with Crippen molar-refractivity contribution in [2.24, 2.45) is 0 Å². The third-order valence-corrected chi connectivity index (χ3v) is 4.22. The Labute approximate surface area is 122 Å². The zero-order chi connectivity index (χ0) is 14.9. The van der Waals surface area contributed by atoms with Crippen molar-refractivity contribution in [1.29, 1.82) is 0 Å². The molecule has 1 heterocycles. The second-order valence-corrected chi connectivity index (χ2v) is 7.18. The molecule has 1 aromatic carbocycles. The first-order valence-corrected chi connectivity index (χ1v) is 8.33. The number of nitrogens with zero attached hydrogens (tertiary/aromatic N) is 1. The third-order valence-electron chi connectivity index (χ3n) is 3.14. The number of aliphatic hydroxyl groups excluding tert-OH is 1. The Morgan fingerprint density at radius 3 is 2.80 bits per heavy atom. The predicted molar refractivity (Wildman–Crippen MR) is 74.5 cm³/mol. The Kier molecular flexibility index (Phi) is 4.66. The van der Waals surface area contributed by atoms with Gasteiger partial charge in [-0.3, -0.25) is 4.90 Å². The maximum Gasteiger partial charge on any atom is 0.209 e. The van der Waals surface area contributed by atoms with Crippen LogP contribution in [0.3, 0.4) is 0 Å². The van der Waals surface area contributed by atoms with Crippen molar-refractivity contribution in [3.8, 4) is 0 Å². The fourth-order valence-electron chi connectivity index (χ4n) is 2.28. The standard InChI is InChI=1S/C12H16ClFN2O3S/c1-20(18,19)15-11-6-16(7-12(11)17)5-8-2-3-9(14)4-10(8)13/h2-4,11-12,15,17H,5-7H2,1H3/t11-,12-/m1/s1. The van der Waals surface area contributed by atoms with Gasteiger partial charge in [0.2, 0.25) is 10.0 Å². The number of nitrogens with one attached hydrogen (secondary N) is 1. The quantitative estimate of drug-likeness (QED) is 0.850. The lowest BCUT2D eigenvalue weighted by Crippen LogP contribution is -2.42. The van der Waals surface area contributed by atoms with E-state index in [-0.39, 0.29) is 0 Å². The minimum Gasteiger partial charge on any atom is -0.390 e. The Balaban J connectivity index is 2.02. The largest absolute Gasteiger partial charge is 0.390 e. The van der Waals surface area contributed by atoms with Crippen LogP contribution in [0, 0.1) is 5.82 Å². The van der Waals surface area contributed by atoms with Gasteiger partial charge in [0.1, 0.15) is 5.82 Å². The summed E-state index contributed by atoms with van der Waals surface area (Å²) in [6, 6.07) is 3.60. The minimum absolute atomic E-state index is 0.319. The molecule has 1 saturated heterocycles. The summed E-state index contributed by atoms with van der Waals surface area (Å²) in [4.78, 5) is 1.87. The van der Waals surface area contributed by atoms with Crippen molar-refractivity contribution >= 4 is 21.6 Å². The number of hydrogen-bond donors (Lipinski definition) is 2. The van der Waals surface area contributed by atoms with Gasteiger partial charge in [-0.2, -0.15) is 0 Å². The molecule has 0 aromatic heterocycles. The normalized spacial score (nSPS) is 24.2. The Morgan fingerprint density at radius 1 is 1.50 bits per heavy atom. The van der Waals surface area contributed by atoms with Gasteiger partial charge in [0.25, 0.3) is 0 Å². The first-order valence-electron chi connectivity index (χ1n) is 6.06. The van der Waals surface area contributed by atoms with Crippen molar-refractivity contribution in [3.63, 3.8) is 0 Å². The average molecular weight is 323 g/mol. The van der Waals surface area contributed by atoms with E-state index in [2.05, 4.69) is 4.72 Å². The number of likely N-dealkylation sites (tertiary alicyclic amines) is 1. The summed E-state index contributed by atoms with van der Waals surface area (Å²) in [7, 11) is -3.36. The molecule has 1 aromatic rings. The molecule has 0 saturated carbocycles. The number of β-amino-alcohol motifs (C(OH)–C–C–N with tert-alkyl or cyclic N) is 1. The molecular formula is C12H16ClFN2O3S. The number of halogens is 2. The molecule has 0 spiro atoms. The van der Waals surface area contributed by atoms with E-state index in [9.17, 15) is 17.9 Å². The average Bonchev–Trinajstić information content (AvgIpc) is 2.61. The molecule has 5 nitrogen and oxygen atoms in total. The van der Waals surface area contributed by atoms with Gasteiger partial charge < -0.3 is 5.11 Å². The van der Waals surface area contributed by atoms with Crippen molar-refractivity contribution in [3.05, 3.63) is 34.6 Å². The van der Waals surface area contributed by atoms with E-state index in [0.717, 1.165) is 11.8 Å². The number of benzene rings is 1. The predicted octanol–water partition coefficient (Wildman–Crippen LogP) is 0.573. The highest BCUT2D eigenvalue weighted by Crippen LogP contribution is 2.21. The maximum absolute atomic E-state index is 13.0. The van der Waals surface area contributed by atoms with Crippen LogP contribution in [0.15, 0.2) is 18.2 Å². The summed E-state index contributed by atoms with van der Waals surface area (Å²) in [5.41, 5.74) is 0.736. The molecule has 2 N–H and O–H groups in total. The molecule has 1 aliphatic heterocycles. The molecule has 1 aliphatic rings. The van der Waals surface area contributed by atoms with Gasteiger partial charge in [-0.1, -0.05) is 17.7 Å². The summed E-state index contributed by atoms with van der Waals surface area (Å²) in [5.74, 6) is -0.406. The van der Waals surface area contributed by atoms with Gasteiger partial charge in [0, 0.05) is 24.7 Å². The molecule has 0 bridgehead atoms. The van der Waals surface area contributed by atoms with Crippen LogP contribution in [0.25, 0.3) is 0 Å². The third kappa shape index (κ3) is 4.13. The highest BCUT2D eigenvalue weighted by atomic mass is 35.5. The lowest BCUT2D eigenvalue weighted by molar-refractivity contribution is 0.160. The SMILES string of the molecule is CS(=O)(=O)N[C@@H]1CN(Cc2ccc(F)cc2Cl)C[C@H]1O. The van der Waals surface area contributed by atoms with Crippen LogP contribution in [0.4, 0.5) is 4.39 Å². The van der Waals surface area contributed by atoms with Crippen LogP contribution in [0.1, 0.15) is 5.56 Å². The first kappa shape index (κ1) is 15.7. The molecular weight excluding hydrogens is 307 g/mol. The molecule has 2 rings (SSSR count). The minimum atomic E-state index is -3.36. The zero-order valence-corrected chi connectivity index (χ0v) is 12.5. The highest BCUT2D eigenvalue weighted by Gasteiger charge is 2.33. The van der Waals surface area contributed by atoms with Crippen LogP contribution >= 0.6 is 11.6 Å². The first-order chi connectivity index (χ1) is 9.24. The van der Waals surface area contributed by atoms with E-state index in [1.165, 1.54) is 12.1 Å². The van der Waals surface area contributed by atoms with Crippen molar-refractivity contribution < 1.29 is 17.9 Å². The zero-order valence-electron chi connectivity index (χ0n) is 10.9. The summed E-state index contributed by atoms with van der Waals surface area (Å²) >= 11 is 5.95. The molecule has 0 aliphatic carbocycles. The van der Waals surface area contributed by atoms with E-state index in [1.807, 2.05) is 4.90 Å². The van der Waals surface area contributed by atoms with Crippen LogP contribution in [0.2, 0.25) is 5.02 Å². The smallest absolute Gasteiger partial charge is 0.209 e. The van der Waals surface area contributed by atoms with Crippen molar-refractivity contribution in [1.82, 2.24) is 9.62 Å². The van der Waals surface area contributed by atoms with Crippen LogP contribution in [-0.2, 0) is 16.6 Å². The van der Waals surface area contributed by atoms with Crippen LogP contribution < -0.4 is 4.72 Å². The molecule has 0 radical (unpaired) electrons. The molecule has 1 fully saturated rings. The van der Waals surface area contributed by atoms with Gasteiger partial charge in [-0.15, -0.1) is 0 Å². The van der Waals surface area contributed by atoms with Crippen molar-refractivity contribution in [2.45, 2.75) is 18.7 Å². The molecule has 112 valence electrons. The number of sulfonamides is 1. The molecule has 0 unspecified atom stereocenters. The summed E-state index contributed by atoms with van der Waals surface area (Å²) in [5, 5.41) is 10.2.